The lowest BCUT2D eigenvalue weighted by Crippen LogP contribution is -2.60. The molecule has 60 heavy (non-hydrogen) atoms. The number of hydrogen-bond acceptors (Lipinski definition) is 9. The molecule has 2 unspecified atom stereocenters. The van der Waals surface area contributed by atoms with E-state index in [-0.39, 0.29) is 53.1 Å². The average molecular weight is 841 g/mol. The molecule has 4 heterocycles. The molecule has 3 aliphatic heterocycles. The predicted octanol–water partition coefficient (Wildman–Crippen LogP) is 7.22. The highest BCUT2D eigenvalue weighted by Crippen LogP contribution is 2.58. The summed E-state index contributed by atoms with van der Waals surface area (Å²) in [4.78, 5) is 57.8. The Bertz CT molecular complexity index is 2320. The largest absolute Gasteiger partial charge is 0.465 e. The van der Waals surface area contributed by atoms with Gasteiger partial charge < -0.3 is 24.5 Å². The van der Waals surface area contributed by atoms with Crippen LogP contribution < -0.4 is 25.9 Å². The summed E-state index contributed by atoms with van der Waals surface area (Å²) in [5.74, 6) is -3.01. The number of esters is 1. The van der Waals surface area contributed by atoms with Gasteiger partial charge in [0.2, 0.25) is 17.4 Å². The molecule has 1 saturated carbocycles. The molecule has 0 bridgehead atoms. The summed E-state index contributed by atoms with van der Waals surface area (Å²) < 4.78 is 42.0. The third-order valence-corrected chi connectivity index (χ3v) is 14.6. The first kappa shape index (κ1) is 41.8. The third kappa shape index (κ3) is 8.93. The van der Waals surface area contributed by atoms with Crippen molar-refractivity contribution in [3.63, 3.8) is 0 Å². The third-order valence-electron chi connectivity index (χ3n) is 12.5. The van der Waals surface area contributed by atoms with Crippen LogP contribution in [0.5, 0.6) is 5.75 Å². The lowest BCUT2D eigenvalue weighted by Gasteiger charge is -2.38. The summed E-state index contributed by atoms with van der Waals surface area (Å²) in [6, 6.07) is 19.8. The normalized spacial score (nSPS) is 24.5. The van der Waals surface area contributed by atoms with Crippen LogP contribution in [0.3, 0.4) is 0 Å². The van der Waals surface area contributed by atoms with Gasteiger partial charge in [-0.2, -0.15) is 0 Å². The maximum Gasteiger partial charge on any atom is 0.355 e. The van der Waals surface area contributed by atoms with Crippen molar-refractivity contribution in [1.29, 1.82) is 0 Å². The van der Waals surface area contributed by atoms with Crippen molar-refractivity contribution in [3.05, 3.63) is 112 Å². The maximum absolute atomic E-state index is 16.6. The summed E-state index contributed by atoms with van der Waals surface area (Å²) in [5, 5.41) is 9.22. The Balaban J connectivity index is 0.980. The summed E-state index contributed by atoms with van der Waals surface area (Å²) in [5.41, 5.74) is 5.04. The standard InChI is InChI=1S/C45H54FN6O7P/c1-3-23-58-44(56)29(2)50-60(57,59-37-10-5-4-6-11-37)41(46)32-15-13-30-14-16-33(25-34(30)24-32)42(54)48-38-12-8-7-9-36-17-18-39(52(36)43(38)55)49-51-28-35(27-45(51)20-21-45)31-19-22-47-40(53)26-31/h4-6,10-11,13-16,19,22,24-26,29,35-36,38-39,41,49H,3,7-9,12,17-18,20-21,23,27-28H2,1-2H3,(H,47,53)(H,48,54)(H,50,57)/t29-,35-,36-,38-,39-,41?,60?/m0/s1. The number of pyridine rings is 1. The zero-order chi connectivity index (χ0) is 42.0. The van der Waals surface area contributed by atoms with E-state index in [4.69, 9.17) is 9.26 Å². The molecule has 4 N–H and O–H groups in total. The number of para-hydroxylation sites is 1. The number of halogens is 1. The van der Waals surface area contributed by atoms with Crippen molar-refractivity contribution in [2.75, 3.05) is 13.2 Å². The molecular weight excluding hydrogens is 787 g/mol. The van der Waals surface area contributed by atoms with Crippen LogP contribution in [0.2, 0.25) is 0 Å². The molecule has 3 saturated heterocycles. The van der Waals surface area contributed by atoms with Crippen molar-refractivity contribution in [2.24, 2.45) is 0 Å². The highest BCUT2D eigenvalue weighted by Gasteiger charge is 2.56. The number of carbonyl (C=O) groups excluding carboxylic acids is 3. The monoisotopic (exact) mass is 840 g/mol. The fourth-order valence-corrected chi connectivity index (χ4v) is 11.1. The van der Waals surface area contributed by atoms with E-state index in [0.29, 0.717) is 23.8 Å². The summed E-state index contributed by atoms with van der Waals surface area (Å²) in [6.45, 7) is 4.21. The minimum absolute atomic E-state index is 0.0198. The van der Waals surface area contributed by atoms with Crippen LogP contribution in [0, 0.1) is 0 Å². The number of nitrogens with zero attached hydrogens (tertiary/aromatic N) is 2. The quantitative estimate of drug-likeness (QED) is 0.0754. The van der Waals surface area contributed by atoms with Gasteiger partial charge in [0, 0.05) is 41.9 Å². The maximum atomic E-state index is 16.6. The van der Waals surface area contributed by atoms with Gasteiger partial charge in [-0.3, -0.25) is 23.7 Å². The molecule has 1 aromatic heterocycles. The molecule has 1 spiro atoms. The fraction of sp³-hybridized carbons (Fsp3) is 0.467. The molecule has 15 heteroatoms. The number of hydrogen-bond donors (Lipinski definition) is 4. The van der Waals surface area contributed by atoms with E-state index >= 15 is 4.39 Å². The summed E-state index contributed by atoms with van der Waals surface area (Å²) in [7, 11) is -4.45. The van der Waals surface area contributed by atoms with Crippen molar-refractivity contribution in [2.45, 2.75) is 120 Å². The number of nitrogens with one attached hydrogen (secondary N) is 4. The van der Waals surface area contributed by atoms with Crippen molar-refractivity contribution in [1.82, 2.24) is 30.7 Å². The van der Waals surface area contributed by atoms with E-state index in [2.05, 4.69) is 25.8 Å². The van der Waals surface area contributed by atoms with Crippen LogP contribution in [-0.2, 0) is 18.9 Å². The molecule has 3 aromatic carbocycles. The lowest BCUT2D eigenvalue weighted by molar-refractivity contribution is -0.145. The number of aromatic nitrogens is 1. The summed E-state index contributed by atoms with van der Waals surface area (Å²) in [6.07, 6.45) is 10.0. The molecular formula is C45H54FN6O7P. The van der Waals surface area contributed by atoms with Gasteiger partial charge in [-0.1, -0.05) is 56.2 Å². The Hall–Kier alpha value is -4.88. The van der Waals surface area contributed by atoms with Gasteiger partial charge in [-0.15, -0.1) is 0 Å². The topological polar surface area (TPSA) is 162 Å². The second kappa shape index (κ2) is 17.6. The van der Waals surface area contributed by atoms with Crippen LogP contribution in [0.15, 0.2) is 89.9 Å². The van der Waals surface area contributed by atoms with E-state index in [0.717, 1.165) is 68.9 Å². The van der Waals surface area contributed by atoms with Gasteiger partial charge in [-0.05, 0) is 117 Å². The van der Waals surface area contributed by atoms with E-state index < -0.39 is 37.4 Å². The van der Waals surface area contributed by atoms with Gasteiger partial charge in [0.1, 0.15) is 17.8 Å². The molecule has 13 nitrogen and oxygen atoms in total. The second-order valence-electron chi connectivity index (χ2n) is 16.8. The van der Waals surface area contributed by atoms with E-state index in [1.165, 1.54) is 19.1 Å². The molecule has 4 aromatic rings. The zero-order valence-electron chi connectivity index (χ0n) is 34.1. The molecule has 4 fully saturated rings. The average Bonchev–Trinajstić information content (AvgIpc) is 3.79. The van der Waals surface area contributed by atoms with Gasteiger partial charge in [0.25, 0.3) is 5.91 Å². The number of rotatable bonds is 14. The Kier molecular flexibility index (Phi) is 12.3. The van der Waals surface area contributed by atoms with Crippen LogP contribution in [0.4, 0.5) is 4.39 Å². The fourth-order valence-electron chi connectivity index (χ4n) is 9.18. The molecule has 0 radical (unpaired) electrons. The Morgan fingerprint density at radius 2 is 1.75 bits per heavy atom. The number of H-pyrrole nitrogens is 1. The summed E-state index contributed by atoms with van der Waals surface area (Å²) >= 11 is 0. The highest BCUT2D eigenvalue weighted by atomic mass is 31.2. The van der Waals surface area contributed by atoms with Crippen LogP contribution in [0.25, 0.3) is 10.8 Å². The minimum atomic E-state index is -4.45. The molecule has 1 aliphatic carbocycles. The number of hydrazine groups is 1. The van der Waals surface area contributed by atoms with Crippen molar-refractivity contribution < 1.29 is 32.6 Å². The van der Waals surface area contributed by atoms with E-state index in [1.54, 1.807) is 66.9 Å². The van der Waals surface area contributed by atoms with Crippen LogP contribution >= 0.6 is 7.52 Å². The molecule has 4 aliphatic rings. The Labute approximate surface area is 349 Å². The number of ether oxygens (including phenoxy) is 1. The first-order valence-corrected chi connectivity index (χ1v) is 23.0. The van der Waals surface area contributed by atoms with Crippen LogP contribution in [0.1, 0.15) is 111 Å². The minimum Gasteiger partial charge on any atom is -0.465 e. The molecule has 2 amide bonds. The SMILES string of the molecule is CCCOC(=O)[C@H](C)NP(=O)(Oc1ccccc1)C(F)c1ccc2ccc(C(=O)N[C@H]3CCCC[C@H]4CC[C@@H](NN5C[C@@H](c6cc[nH]c(=O)c6)CC56CC6)N4C3=O)cc2c1. The van der Waals surface area contributed by atoms with Gasteiger partial charge in [0.15, 0.2) is 0 Å². The van der Waals surface area contributed by atoms with Crippen LogP contribution in [-0.4, -0.2) is 75.7 Å². The van der Waals surface area contributed by atoms with Crippen molar-refractivity contribution >= 4 is 36.1 Å². The Morgan fingerprint density at radius 3 is 2.52 bits per heavy atom. The highest BCUT2D eigenvalue weighted by molar-refractivity contribution is 7.57. The first-order chi connectivity index (χ1) is 28.9. The number of carbonyl (C=O) groups is 3. The van der Waals surface area contributed by atoms with E-state index in [9.17, 15) is 23.7 Å². The number of benzene rings is 3. The number of fused-ring (bicyclic) bond motifs is 2. The van der Waals surface area contributed by atoms with E-state index in [1.807, 2.05) is 17.9 Å². The molecule has 8 rings (SSSR count). The first-order valence-electron chi connectivity index (χ1n) is 21.3. The molecule has 318 valence electrons. The van der Waals surface area contributed by atoms with Gasteiger partial charge in [-0.25, -0.2) is 19.9 Å². The molecule has 7 atom stereocenters. The predicted molar refractivity (Wildman–Crippen MR) is 226 cm³/mol. The lowest BCUT2D eigenvalue weighted by atomic mass is 9.96. The zero-order valence-corrected chi connectivity index (χ0v) is 35.0. The smallest absolute Gasteiger partial charge is 0.355 e. The Morgan fingerprint density at radius 1 is 0.967 bits per heavy atom. The second-order valence-corrected chi connectivity index (χ2v) is 18.9. The number of amides is 2. The van der Waals surface area contributed by atoms with Gasteiger partial charge in [0.05, 0.1) is 12.8 Å². The van der Waals surface area contributed by atoms with Gasteiger partial charge >= 0.3 is 13.5 Å². The number of aromatic amines is 1. The number of alkyl halides is 1. The van der Waals surface area contributed by atoms with Crippen molar-refractivity contribution in [3.8, 4) is 5.75 Å².